The monoisotopic (exact) mass is 276 g/mol. The van der Waals surface area contributed by atoms with E-state index in [4.69, 9.17) is 9.26 Å². The minimum atomic E-state index is -0.761. The first kappa shape index (κ1) is 13.5. The van der Waals surface area contributed by atoms with E-state index in [1.54, 1.807) is 13.0 Å². The second-order valence-electron chi connectivity index (χ2n) is 3.88. The number of benzene rings is 1. The summed E-state index contributed by atoms with van der Waals surface area (Å²) in [5.74, 6) is 0.303. The molecule has 8 heteroatoms. The van der Waals surface area contributed by atoms with Crippen molar-refractivity contribution in [2.24, 2.45) is 4.99 Å². The lowest BCUT2D eigenvalue weighted by atomic mass is 10.1. The van der Waals surface area contributed by atoms with E-state index in [2.05, 4.69) is 10.1 Å². The number of aliphatic imine (C=N–C) groups is 1. The fourth-order valence-electron chi connectivity index (χ4n) is 1.51. The molecule has 0 radical (unpaired) electrons. The normalized spacial score (nSPS) is 10.9. The van der Waals surface area contributed by atoms with Crippen LogP contribution in [0.4, 0.5) is 11.5 Å². The summed E-state index contributed by atoms with van der Waals surface area (Å²) in [4.78, 5) is 14.0. The van der Waals surface area contributed by atoms with E-state index in [0.29, 0.717) is 5.76 Å². The van der Waals surface area contributed by atoms with Gasteiger partial charge in [-0.3, -0.25) is 10.1 Å². The van der Waals surface area contributed by atoms with E-state index in [0.717, 1.165) is 6.07 Å². The van der Waals surface area contributed by atoms with Crippen molar-refractivity contribution in [2.45, 2.75) is 6.92 Å². The van der Waals surface area contributed by atoms with Gasteiger partial charge in [-0.05, 0) is 24.3 Å². The van der Waals surface area contributed by atoms with Gasteiger partial charge in [-0.2, -0.15) is 0 Å². The van der Waals surface area contributed by atoms with Gasteiger partial charge in [0.15, 0.2) is 5.82 Å². The van der Waals surface area contributed by atoms with E-state index in [9.17, 15) is 15.2 Å². The Morgan fingerprint density at radius 2 is 2.20 bits per heavy atom. The van der Waals surface area contributed by atoms with Crippen molar-refractivity contribution in [1.82, 2.24) is 5.16 Å². The average Bonchev–Trinajstić information content (AvgIpc) is 2.83. The largest absolute Gasteiger partial charge is 0.867 e. The molecular weight excluding hydrogens is 266 g/mol. The first-order valence-corrected chi connectivity index (χ1v) is 5.52. The summed E-state index contributed by atoms with van der Waals surface area (Å²) in [5.41, 5.74) is -0.529. The zero-order chi connectivity index (χ0) is 14.7. The van der Waals surface area contributed by atoms with Crippen LogP contribution in [0.25, 0.3) is 0 Å². The standard InChI is InChI=1S/C12H11N3O5/c1-7-3-11(14-20-7)13-6-8-4-9(19-2)5-10(12(8)16)15(17)18/h3-6,16H,1-2H3/p-1. The molecule has 0 aliphatic rings. The van der Waals surface area contributed by atoms with Crippen molar-refractivity contribution < 1.29 is 19.3 Å². The molecular formula is C12H10N3O5-. The topological polar surface area (TPSA) is 114 Å². The van der Waals surface area contributed by atoms with Gasteiger partial charge in [-0.25, -0.2) is 4.99 Å². The van der Waals surface area contributed by atoms with Gasteiger partial charge in [-0.15, -0.1) is 0 Å². The Bertz CT molecular complexity index is 678. The highest BCUT2D eigenvalue weighted by Gasteiger charge is 2.12. The summed E-state index contributed by atoms with van der Waals surface area (Å²) >= 11 is 0. The van der Waals surface area contributed by atoms with Gasteiger partial charge >= 0.3 is 0 Å². The minimum Gasteiger partial charge on any atom is -0.867 e. The number of hydrogen-bond acceptors (Lipinski definition) is 7. The molecule has 0 bridgehead atoms. The van der Waals surface area contributed by atoms with Gasteiger partial charge in [0.1, 0.15) is 11.5 Å². The van der Waals surface area contributed by atoms with Crippen molar-refractivity contribution in [3.05, 3.63) is 39.6 Å². The van der Waals surface area contributed by atoms with Gasteiger partial charge in [0.25, 0.3) is 5.69 Å². The highest BCUT2D eigenvalue weighted by molar-refractivity contribution is 5.87. The number of nitro benzene ring substituents is 1. The summed E-state index contributed by atoms with van der Waals surface area (Å²) < 4.78 is 9.73. The first-order chi connectivity index (χ1) is 9.51. The van der Waals surface area contributed by atoms with E-state index >= 15 is 0 Å². The van der Waals surface area contributed by atoms with Crippen LogP contribution < -0.4 is 9.84 Å². The SMILES string of the molecule is COc1cc(C=Nc2cc(C)on2)c([O-])c([N+](=O)[O-])c1. The quantitative estimate of drug-likeness (QED) is 0.477. The van der Waals surface area contributed by atoms with Crippen LogP contribution in [0.2, 0.25) is 0 Å². The predicted molar refractivity (Wildman–Crippen MR) is 67.6 cm³/mol. The lowest BCUT2D eigenvalue weighted by Gasteiger charge is -2.12. The molecule has 0 N–H and O–H groups in total. The molecule has 0 aliphatic carbocycles. The summed E-state index contributed by atoms with van der Waals surface area (Å²) in [5, 5.41) is 26.3. The summed E-state index contributed by atoms with van der Waals surface area (Å²) in [6, 6.07) is 4.00. The Balaban J connectivity index is 2.42. The number of methoxy groups -OCH3 is 1. The molecule has 1 heterocycles. The zero-order valence-corrected chi connectivity index (χ0v) is 10.7. The van der Waals surface area contributed by atoms with E-state index in [-0.39, 0.29) is 17.1 Å². The molecule has 0 fully saturated rings. The van der Waals surface area contributed by atoms with Crippen molar-refractivity contribution in [2.75, 3.05) is 7.11 Å². The van der Waals surface area contributed by atoms with Crippen LogP contribution in [0.5, 0.6) is 11.5 Å². The summed E-state index contributed by atoms with van der Waals surface area (Å²) in [7, 11) is 1.35. The number of aromatic nitrogens is 1. The molecule has 20 heavy (non-hydrogen) atoms. The van der Waals surface area contributed by atoms with E-state index in [1.807, 2.05) is 0 Å². The number of ether oxygens (including phenoxy) is 1. The number of aryl methyl sites for hydroxylation is 1. The highest BCUT2D eigenvalue weighted by Crippen LogP contribution is 2.31. The third kappa shape index (κ3) is 2.74. The molecule has 104 valence electrons. The zero-order valence-electron chi connectivity index (χ0n) is 10.7. The Kier molecular flexibility index (Phi) is 3.65. The fraction of sp³-hybridized carbons (Fsp3) is 0.167. The lowest BCUT2D eigenvalue weighted by molar-refractivity contribution is -0.398. The molecule has 0 amide bonds. The van der Waals surface area contributed by atoms with Crippen molar-refractivity contribution >= 4 is 17.7 Å². The molecule has 0 atom stereocenters. The molecule has 0 spiro atoms. The van der Waals surface area contributed by atoms with Crippen LogP contribution in [0.1, 0.15) is 11.3 Å². The van der Waals surface area contributed by atoms with Gasteiger partial charge in [0, 0.05) is 12.3 Å². The van der Waals surface area contributed by atoms with Crippen molar-refractivity contribution in [1.29, 1.82) is 0 Å². The summed E-state index contributed by atoms with van der Waals surface area (Å²) in [6.07, 6.45) is 1.19. The Morgan fingerprint density at radius 1 is 1.45 bits per heavy atom. The molecule has 0 saturated heterocycles. The highest BCUT2D eigenvalue weighted by atomic mass is 16.6. The third-order valence-corrected chi connectivity index (χ3v) is 2.46. The average molecular weight is 276 g/mol. The number of nitrogens with zero attached hydrogens (tertiary/aromatic N) is 3. The molecule has 8 nitrogen and oxygen atoms in total. The van der Waals surface area contributed by atoms with Gasteiger partial charge < -0.3 is 14.4 Å². The summed E-state index contributed by atoms with van der Waals surface area (Å²) in [6.45, 7) is 1.70. The Hall–Kier alpha value is -2.90. The molecule has 2 aromatic rings. The van der Waals surface area contributed by atoms with Crippen LogP contribution >= 0.6 is 0 Å². The molecule has 0 saturated carbocycles. The fourth-order valence-corrected chi connectivity index (χ4v) is 1.51. The number of rotatable bonds is 4. The van der Waals surface area contributed by atoms with Gasteiger partial charge in [0.2, 0.25) is 0 Å². The maximum absolute atomic E-state index is 11.9. The maximum atomic E-state index is 11.9. The first-order valence-electron chi connectivity index (χ1n) is 5.52. The van der Waals surface area contributed by atoms with Gasteiger partial charge in [0.05, 0.1) is 18.1 Å². The van der Waals surface area contributed by atoms with E-state index < -0.39 is 16.4 Å². The number of nitro groups is 1. The minimum absolute atomic E-state index is 0.0386. The van der Waals surface area contributed by atoms with E-state index in [1.165, 1.54) is 19.4 Å². The third-order valence-electron chi connectivity index (χ3n) is 2.46. The Morgan fingerprint density at radius 3 is 2.75 bits per heavy atom. The molecule has 1 aromatic heterocycles. The lowest BCUT2D eigenvalue weighted by Crippen LogP contribution is -2.03. The maximum Gasteiger partial charge on any atom is 0.266 e. The molecule has 2 rings (SSSR count). The van der Waals surface area contributed by atoms with Crippen molar-refractivity contribution in [3.63, 3.8) is 0 Å². The van der Waals surface area contributed by atoms with Crippen LogP contribution in [0.15, 0.2) is 27.7 Å². The Labute approximate surface area is 113 Å². The van der Waals surface area contributed by atoms with Crippen LogP contribution in [-0.2, 0) is 0 Å². The van der Waals surface area contributed by atoms with Gasteiger partial charge in [-0.1, -0.05) is 5.16 Å². The second-order valence-corrected chi connectivity index (χ2v) is 3.88. The molecule has 1 aromatic carbocycles. The van der Waals surface area contributed by atoms with Crippen LogP contribution in [-0.4, -0.2) is 23.4 Å². The molecule has 0 unspecified atom stereocenters. The molecule has 0 aliphatic heterocycles. The van der Waals surface area contributed by atoms with Crippen molar-refractivity contribution in [3.8, 4) is 11.5 Å². The van der Waals surface area contributed by atoms with Crippen LogP contribution in [0, 0.1) is 17.0 Å². The smallest absolute Gasteiger partial charge is 0.266 e. The number of hydrogen-bond donors (Lipinski definition) is 0. The predicted octanol–water partition coefficient (Wildman–Crippen LogP) is 1.72. The van der Waals surface area contributed by atoms with Crippen LogP contribution in [0.3, 0.4) is 0 Å². The second kappa shape index (κ2) is 5.39.